The SMILES string of the molecule is CCCCOc1ccc(C(=O)OCC(=O)Nc2c(F)cccc2F)cc1OCC. The molecular weight excluding hydrogens is 384 g/mol. The molecule has 0 aliphatic rings. The van der Waals surface area contributed by atoms with E-state index >= 15 is 0 Å². The van der Waals surface area contributed by atoms with E-state index < -0.39 is 35.8 Å². The molecule has 0 atom stereocenters. The van der Waals surface area contributed by atoms with Crippen LogP contribution < -0.4 is 14.8 Å². The number of para-hydroxylation sites is 1. The van der Waals surface area contributed by atoms with Crippen LogP contribution in [0.4, 0.5) is 14.5 Å². The molecule has 0 heterocycles. The summed E-state index contributed by atoms with van der Waals surface area (Å²) in [6.45, 7) is 4.04. The van der Waals surface area contributed by atoms with Gasteiger partial charge in [-0.05, 0) is 43.7 Å². The van der Waals surface area contributed by atoms with Crippen LogP contribution in [0.3, 0.4) is 0 Å². The smallest absolute Gasteiger partial charge is 0.338 e. The zero-order valence-corrected chi connectivity index (χ0v) is 16.3. The molecule has 2 aromatic carbocycles. The van der Waals surface area contributed by atoms with Gasteiger partial charge >= 0.3 is 5.97 Å². The summed E-state index contributed by atoms with van der Waals surface area (Å²) in [6.07, 6.45) is 1.86. The summed E-state index contributed by atoms with van der Waals surface area (Å²) in [5, 5.41) is 2.04. The second kappa shape index (κ2) is 11.0. The molecule has 0 aromatic heterocycles. The van der Waals surface area contributed by atoms with Gasteiger partial charge < -0.3 is 19.5 Å². The molecule has 6 nitrogen and oxygen atoms in total. The molecule has 2 aromatic rings. The van der Waals surface area contributed by atoms with E-state index in [4.69, 9.17) is 14.2 Å². The Morgan fingerprint density at radius 3 is 2.38 bits per heavy atom. The van der Waals surface area contributed by atoms with Crippen LogP contribution in [0.1, 0.15) is 37.0 Å². The molecule has 0 aliphatic carbocycles. The van der Waals surface area contributed by atoms with Crippen molar-refractivity contribution >= 4 is 17.6 Å². The lowest BCUT2D eigenvalue weighted by Gasteiger charge is -2.13. The highest BCUT2D eigenvalue weighted by molar-refractivity contribution is 5.95. The van der Waals surface area contributed by atoms with Gasteiger partial charge in [-0.15, -0.1) is 0 Å². The van der Waals surface area contributed by atoms with E-state index in [0.717, 1.165) is 25.0 Å². The number of carbonyl (C=O) groups excluding carboxylic acids is 2. The van der Waals surface area contributed by atoms with Crippen molar-refractivity contribution in [2.45, 2.75) is 26.7 Å². The zero-order valence-electron chi connectivity index (χ0n) is 16.3. The zero-order chi connectivity index (χ0) is 21.2. The van der Waals surface area contributed by atoms with Crippen molar-refractivity contribution in [1.82, 2.24) is 0 Å². The molecule has 0 fully saturated rings. The maximum absolute atomic E-state index is 13.6. The third-order valence-corrected chi connectivity index (χ3v) is 3.80. The van der Waals surface area contributed by atoms with E-state index in [1.807, 2.05) is 12.2 Å². The second-order valence-corrected chi connectivity index (χ2v) is 6.02. The Morgan fingerprint density at radius 2 is 1.72 bits per heavy atom. The minimum absolute atomic E-state index is 0.154. The van der Waals surface area contributed by atoms with Gasteiger partial charge in [0.25, 0.3) is 5.91 Å². The van der Waals surface area contributed by atoms with Crippen LogP contribution in [-0.2, 0) is 9.53 Å². The van der Waals surface area contributed by atoms with E-state index in [1.165, 1.54) is 18.2 Å². The largest absolute Gasteiger partial charge is 0.490 e. The van der Waals surface area contributed by atoms with Gasteiger partial charge in [0.05, 0.1) is 18.8 Å². The van der Waals surface area contributed by atoms with Crippen LogP contribution in [0.25, 0.3) is 0 Å². The molecule has 1 N–H and O–H groups in total. The number of rotatable bonds is 10. The highest BCUT2D eigenvalue weighted by atomic mass is 19.1. The first-order valence-corrected chi connectivity index (χ1v) is 9.26. The number of ether oxygens (including phenoxy) is 3. The van der Waals surface area contributed by atoms with Crippen molar-refractivity contribution in [3.8, 4) is 11.5 Å². The predicted molar refractivity (Wildman–Crippen MR) is 103 cm³/mol. The maximum Gasteiger partial charge on any atom is 0.338 e. The Kier molecular flexibility index (Phi) is 8.39. The summed E-state index contributed by atoms with van der Waals surface area (Å²) in [5.41, 5.74) is -0.443. The van der Waals surface area contributed by atoms with Crippen LogP contribution in [-0.4, -0.2) is 31.7 Å². The number of unbranched alkanes of at least 4 members (excludes halogenated alkanes) is 1. The average Bonchev–Trinajstić information content (AvgIpc) is 2.70. The first-order valence-electron chi connectivity index (χ1n) is 9.26. The number of hydrogen-bond donors (Lipinski definition) is 1. The van der Waals surface area contributed by atoms with Gasteiger partial charge in [0.15, 0.2) is 18.1 Å². The van der Waals surface area contributed by atoms with E-state index in [1.54, 1.807) is 13.0 Å². The van der Waals surface area contributed by atoms with Crippen molar-refractivity contribution in [2.24, 2.45) is 0 Å². The van der Waals surface area contributed by atoms with Gasteiger partial charge in [0.2, 0.25) is 0 Å². The Morgan fingerprint density at radius 1 is 1.00 bits per heavy atom. The van der Waals surface area contributed by atoms with Crippen LogP contribution in [0, 0.1) is 11.6 Å². The van der Waals surface area contributed by atoms with Crippen molar-refractivity contribution in [3.63, 3.8) is 0 Å². The molecule has 2 rings (SSSR count). The molecule has 29 heavy (non-hydrogen) atoms. The molecular formula is C21H23F2NO5. The van der Waals surface area contributed by atoms with Crippen LogP contribution in [0.15, 0.2) is 36.4 Å². The summed E-state index contributed by atoms with van der Waals surface area (Å²) in [6, 6.07) is 7.72. The maximum atomic E-state index is 13.6. The first-order chi connectivity index (χ1) is 14.0. The number of carbonyl (C=O) groups is 2. The average molecular weight is 407 g/mol. The number of esters is 1. The van der Waals surface area contributed by atoms with Gasteiger partial charge in [-0.25, -0.2) is 13.6 Å². The van der Waals surface area contributed by atoms with Gasteiger partial charge in [-0.1, -0.05) is 19.4 Å². The lowest BCUT2D eigenvalue weighted by molar-refractivity contribution is -0.119. The quantitative estimate of drug-likeness (QED) is 0.469. The summed E-state index contributed by atoms with van der Waals surface area (Å²) in [7, 11) is 0. The van der Waals surface area contributed by atoms with Crippen LogP contribution in [0.5, 0.6) is 11.5 Å². The first kappa shape index (κ1) is 22.1. The van der Waals surface area contributed by atoms with Gasteiger partial charge in [-0.2, -0.15) is 0 Å². The molecule has 0 bridgehead atoms. The Bertz CT molecular complexity index is 837. The number of amides is 1. The van der Waals surface area contributed by atoms with Crippen molar-refractivity contribution in [3.05, 3.63) is 53.6 Å². The lowest BCUT2D eigenvalue weighted by Crippen LogP contribution is -2.22. The predicted octanol–water partition coefficient (Wildman–Crippen LogP) is 4.34. The van der Waals surface area contributed by atoms with Crippen molar-refractivity contribution < 1.29 is 32.6 Å². The lowest BCUT2D eigenvalue weighted by atomic mass is 10.2. The van der Waals surface area contributed by atoms with E-state index in [2.05, 4.69) is 0 Å². The molecule has 0 unspecified atom stereocenters. The topological polar surface area (TPSA) is 73.9 Å². The van der Waals surface area contributed by atoms with Crippen LogP contribution in [0.2, 0.25) is 0 Å². The Balaban J connectivity index is 1.98. The summed E-state index contributed by atoms with van der Waals surface area (Å²) in [5.74, 6) is -2.61. The fourth-order valence-electron chi connectivity index (χ4n) is 2.36. The van der Waals surface area contributed by atoms with Crippen molar-refractivity contribution in [1.29, 1.82) is 0 Å². The minimum Gasteiger partial charge on any atom is -0.490 e. The van der Waals surface area contributed by atoms with E-state index in [0.29, 0.717) is 24.7 Å². The molecule has 1 amide bonds. The number of anilines is 1. The summed E-state index contributed by atoms with van der Waals surface area (Å²) >= 11 is 0. The van der Waals surface area contributed by atoms with E-state index in [-0.39, 0.29) is 5.56 Å². The van der Waals surface area contributed by atoms with Gasteiger partial charge in [0, 0.05) is 0 Å². The molecule has 0 saturated heterocycles. The van der Waals surface area contributed by atoms with Gasteiger partial charge in [-0.3, -0.25) is 4.79 Å². The third kappa shape index (κ3) is 6.44. The number of halogens is 2. The molecule has 8 heteroatoms. The monoisotopic (exact) mass is 407 g/mol. The standard InChI is InChI=1S/C21H23F2NO5/c1-3-5-11-28-17-10-9-14(12-18(17)27-4-2)21(26)29-13-19(25)24-20-15(22)7-6-8-16(20)23/h6-10,12H,3-5,11,13H2,1-2H3,(H,24,25). The molecule has 0 saturated carbocycles. The number of hydrogen-bond acceptors (Lipinski definition) is 5. The molecule has 0 radical (unpaired) electrons. The molecule has 0 spiro atoms. The van der Waals surface area contributed by atoms with E-state index in [9.17, 15) is 18.4 Å². The Hall–Kier alpha value is -3.16. The van der Waals surface area contributed by atoms with Crippen molar-refractivity contribution in [2.75, 3.05) is 25.1 Å². The normalized spacial score (nSPS) is 10.3. The fourth-order valence-corrected chi connectivity index (χ4v) is 2.36. The fraction of sp³-hybridized carbons (Fsp3) is 0.333. The van der Waals surface area contributed by atoms with Crippen LogP contribution >= 0.6 is 0 Å². The van der Waals surface area contributed by atoms with Gasteiger partial charge in [0.1, 0.15) is 17.3 Å². The summed E-state index contributed by atoms with van der Waals surface area (Å²) < 4.78 is 43.2. The molecule has 0 aliphatic heterocycles. The molecule has 156 valence electrons. The minimum atomic E-state index is -0.926. The number of nitrogens with one attached hydrogen (secondary N) is 1. The summed E-state index contributed by atoms with van der Waals surface area (Å²) in [4.78, 5) is 24.1. The highest BCUT2D eigenvalue weighted by Crippen LogP contribution is 2.29. The third-order valence-electron chi connectivity index (χ3n) is 3.80. The second-order valence-electron chi connectivity index (χ2n) is 6.02. The number of benzene rings is 2. The Labute approximate surface area is 167 Å². The highest BCUT2D eigenvalue weighted by Gasteiger charge is 2.16.